The summed E-state index contributed by atoms with van der Waals surface area (Å²) in [7, 11) is -2.15. The van der Waals surface area contributed by atoms with Crippen LogP contribution in [-0.2, 0) is 27.6 Å². The van der Waals surface area contributed by atoms with Gasteiger partial charge in [0.2, 0.25) is 10.0 Å². The molecule has 1 aromatic heterocycles. The number of carbonyl (C=O) groups is 1. The van der Waals surface area contributed by atoms with Crippen molar-refractivity contribution in [3.63, 3.8) is 0 Å². The van der Waals surface area contributed by atoms with Crippen molar-refractivity contribution in [2.75, 3.05) is 19.0 Å². The average Bonchev–Trinajstić information content (AvgIpc) is 3.20. The van der Waals surface area contributed by atoms with Gasteiger partial charge in [0.05, 0.1) is 22.6 Å². The summed E-state index contributed by atoms with van der Waals surface area (Å²) in [6.07, 6.45) is 2.69. The van der Waals surface area contributed by atoms with Gasteiger partial charge in [0.25, 0.3) is 5.91 Å². The van der Waals surface area contributed by atoms with Crippen LogP contribution in [0.3, 0.4) is 0 Å². The highest BCUT2D eigenvalue weighted by Crippen LogP contribution is 2.30. The summed E-state index contributed by atoms with van der Waals surface area (Å²) in [5.41, 5.74) is 3.99. The van der Waals surface area contributed by atoms with Crippen molar-refractivity contribution < 1.29 is 17.9 Å². The standard InChI is InChI=1S/C23H25N3O4S/c1-15(14-30-2)26-31(28,29)17-12-10-16(11-13-17)24-23(27)22-18-6-3-4-8-20(18)25-21-9-5-7-19(21)22/h3-4,6,8,10-13,15,26H,5,7,9,14H2,1-2H3,(H,24,27). The first-order chi connectivity index (χ1) is 14.9. The first kappa shape index (κ1) is 21.4. The van der Waals surface area contributed by atoms with Gasteiger partial charge in [-0.05, 0) is 62.1 Å². The molecule has 0 radical (unpaired) electrons. The Morgan fingerprint density at radius 3 is 2.61 bits per heavy atom. The number of hydrogen-bond donors (Lipinski definition) is 2. The minimum Gasteiger partial charge on any atom is -0.383 e. The number of pyridine rings is 1. The molecule has 8 heteroatoms. The van der Waals surface area contributed by atoms with Crippen molar-refractivity contribution in [1.29, 1.82) is 0 Å². The fraction of sp³-hybridized carbons (Fsp3) is 0.304. The molecular formula is C23H25N3O4S. The molecule has 0 saturated carbocycles. The number of sulfonamides is 1. The average molecular weight is 440 g/mol. The van der Waals surface area contributed by atoms with Gasteiger partial charge in [-0.3, -0.25) is 9.78 Å². The molecule has 162 valence electrons. The lowest BCUT2D eigenvalue weighted by Gasteiger charge is -2.14. The van der Waals surface area contributed by atoms with E-state index in [2.05, 4.69) is 10.0 Å². The smallest absolute Gasteiger partial charge is 0.256 e. The molecular weight excluding hydrogens is 414 g/mol. The molecule has 1 amide bonds. The molecule has 0 spiro atoms. The van der Waals surface area contributed by atoms with Crippen LogP contribution in [0.1, 0.15) is 35.0 Å². The molecule has 1 aliphatic rings. The summed E-state index contributed by atoms with van der Waals surface area (Å²) < 4.78 is 32.5. The predicted octanol–water partition coefficient (Wildman–Crippen LogP) is 3.29. The second-order valence-corrected chi connectivity index (χ2v) is 9.45. The van der Waals surface area contributed by atoms with Gasteiger partial charge in [0.15, 0.2) is 0 Å². The van der Waals surface area contributed by atoms with E-state index in [1.54, 1.807) is 19.1 Å². The van der Waals surface area contributed by atoms with Crippen LogP contribution in [0.5, 0.6) is 0 Å². The number of aromatic nitrogens is 1. The van der Waals surface area contributed by atoms with Gasteiger partial charge in [-0.2, -0.15) is 0 Å². The predicted molar refractivity (Wildman–Crippen MR) is 120 cm³/mol. The van der Waals surface area contributed by atoms with Crippen LogP contribution < -0.4 is 10.0 Å². The molecule has 2 N–H and O–H groups in total. The Morgan fingerprint density at radius 1 is 1.13 bits per heavy atom. The summed E-state index contributed by atoms with van der Waals surface area (Å²) in [5.74, 6) is -0.209. The number of para-hydroxylation sites is 1. The number of ether oxygens (including phenoxy) is 1. The maximum atomic E-state index is 13.2. The number of amides is 1. The third-order valence-corrected chi connectivity index (χ3v) is 6.95. The van der Waals surface area contributed by atoms with Crippen LogP contribution in [0.15, 0.2) is 53.4 Å². The van der Waals surface area contributed by atoms with Crippen molar-refractivity contribution in [1.82, 2.24) is 9.71 Å². The Balaban J connectivity index is 1.58. The van der Waals surface area contributed by atoms with Crippen LogP contribution in [0, 0.1) is 0 Å². The molecule has 2 aromatic carbocycles. The fourth-order valence-corrected chi connectivity index (χ4v) is 5.23. The highest BCUT2D eigenvalue weighted by Gasteiger charge is 2.24. The van der Waals surface area contributed by atoms with Crippen LogP contribution in [-0.4, -0.2) is 39.1 Å². The number of rotatable bonds is 7. The normalized spacial score (nSPS) is 14.4. The lowest BCUT2D eigenvalue weighted by molar-refractivity contribution is 0.102. The van der Waals surface area contributed by atoms with E-state index in [1.807, 2.05) is 24.3 Å². The summed E-state index contributed by atoms with van der Waals surface area (Å²) in [6.45, 7) is 2.00. The van der Waals surface area contributed by atoms with Gasteiger partial charge in [-0.15, -0.1) is 0 Å². The number of fused-ring (bicyclic) bond motifs is 2. The van der Waals surface area contributed by atoms with Gasteiger partial charge in [-0.25, -0.2) is 13.1 Å². The fourth-order valence-electron chi connectivity index (χ4n) is 4.00. The molecule has 3 aromatic rings. The van der Waals surface area contributed by atoms with E-state index in [0.29, 0.717) is 11.3 Å². The quantitative estimate of drug-likeness (QED) is 0.589. The number of nitrogens with one attached hydrogen (secondary N) is 2. The zero-order valence-corrected chi connectivity index (χ0v) is 18.3. The third-order valence-electron chi connectivity index (χ3n) is 5.34. The minimum absolute atomic E-state index is 0.128. The Morgan fingerprint density at radius 2 is 1.87 bits per heavy atom. The van der Waals surface area contributed by atoms with Crippen molar-refractivity contribution >= 4 is 32.5 Å². The van der Waals surface area contributed by atoms with Crippen LogP contribution in [0.25, 0.3) is 10.9 Å². The Labute approximate surface area is 181 Å². The summed E-state index contributed by atoms with van der Waals surface area (Å²) in [4.78, 5) is 18.1. The summed E-state index contributed by atoms with van der Waals surface area (Å²) in [6, 6.07) is 13.4. The van der Waals surface area contributed by atoms with E-state index >= 15 is 0 Å². The van der Waals surface area contributed by atoms with Gasteiger partial charge in [0.1, 0.15) is 0 Å². The van der Waals surface area contributed by atoms with E-state index in [0.717, 1.165) is 41.4 Å². The second kappa shape index (κ2) is 8.74. The maximum Gasteiger partial charge on any atom is 0.256 e. The zero-order valence-electron chi connectivity index (χ0n) is 17.5. The monoisotopic (exact) mass is 439 g/mol. The van der Waals surface area contributed by atoms with E-state index in [-0.39, 0.29) is 23.5 Å². The molecule has 4 rings (SSSR count). The largest absolute Gasteiger partial charge is 0.383 e. The topological polar surface area (TPSA) is 97.4 Å². The van der Waals surface area contributed by atoms with Gasteiger partial charge in [-0.1, -0.05) is 18.2 Å². The summed E-state index contributed by atoms with van der Waals surface area (Å²) >= 11 is 0. The molecule has 0 aliphatic heterocycles. The highest BCUT2D eigenvalue weighted by molar-refractivity contribution is 7.89. The SMILES string of the molecule is COCC(C)NS(=O)(=O)c1ccc(NC(=O)c2c3c(nc4ccccc24)CCC3)cc1. The van der Waals surface area contributed by atoms with Gasteiger partial charge in [0, 0.05) is 29.9 Å². The first-order valence-electron chi connectivity index (χ1n) is 10.2. The molecule has 0 bridgehead atoms. The van der Waals surface area contributed by atoms with E-state index in [9.17, 15) is 13.2 Å². The van der Waals surface area contributed by atoms with E-state index in [1.165, 1.54) is 19.2 Å². The molecule has 7 nitrogen and oxygen atoms in total. The van der Waals surface area contributed by atoms with Crippen molar-refractivity contribution in [2.24, 2.45) is 0 Å². The number of carbonyl (C=O) groups excluding carboxylic acids is 1. The Hall–Kier alpha value is -2.81. The Bertz CT molecular complexity index is 1220. The van der Waals surface area contributed by atoms with E-state index in [4.69, 9.17) is 9.72 Å². The molecule has 1 unspecified atom stereocenters. The molecule has 1 atom stereocenters. The molecule has 0 saturated heterocycles. The number of nitrogens with zero attached hydrogens (tertiary/aromatic N) is 1. The van der Waals surface area contributed by atoms with Gasteiger partial charge < -0.3 is 10.1 Å². The number of methoxy groups -OCH3 is 1. The van der Waals surface area contributed by atoms with Crippen molar-refractivity contribution in [2.45, 2.75) is 37.1 Å². The molecule has 1 aliphatic carbocycles. The molecule has 0 fully saturated rings. The lowest BCUT2D eigenvalue weighted by Crippen LogP contribution is -2.35. The number of benzene rings is 2. The number of anilines is 1. The van der Waals surface area contributed by atoms with Crippen LogP contribution in [0.2, 0.25) is 0 Å². The second-order valence-electron chi connectivity index (χ2n) is 7.74. The third kappa shape index (κ3) is 4.46. The molecule has 31 heavy (non-hydrogen) atoms. The first-order valence-corrected chi connectivity index (χ1v) is 11.7. The van der Waals surface area contributed by atoms with E-state index < -0.39 is 10.0 Å². The van der Waals surface area contributed by atoms with Crippen molar-refractivity contribution in [3.8, 4) is 0 Å². The molecule has 1 heterocycles. The van der Waals surface area contributed by atoms with Crippen LogP contribution >= 0.6 is 0 Å². The zero-order chi connectivity index (χ0) is 22.0. The Kier molecular flexibility index (Phi) is 6.04. The highest BCUT2D eigenvalue weighted by atomic mass is 32.2. The van der Waals surface area contributed by atoms with Crippen LogP contribution in [0.4, 0.5) is 5.69 Å². The van der Waals surface area contributed by atoms with Crippen molar-refractivity contribution in [3.05, 3.63) is 65.4 Å². The maximum absolute atomic E-state index is 13.2. The van der Waals surface area contributed by atoms with Gasteiger partial charge >= 0.3 is 0 Å². The summed E-state index contributed by atoms with van der Waals surface area (Å²) in [5, 5.41) is 3.75. The minimum atomic E-state index is -3.67. The number of hydrogen-bond acceptors (Lipinski definition) is 5. The number of aryl methyl sites for hydroxylation is 1. The lowest BCUT2D eigenvalue weighted by atomic mass is 10.0.